The van der Waals surface area contributed by atoms with Gasteiger partial charge in [0.15, 0.2) is 0 Å². The zero-order chi connectivity index (χ0) is 17.9. The summed E-state index contributed by atoms with van der Waals surface area (Å²) >= 11 is 0. The minimum Gasteiger partial charge on any atom is -0.497 e. The van der Waals surface area contributed by atoms with Gasteiger partial charge in [-0.25, -0.2) is 9.97 Å². The highest BCUT2D eigenvalue weighted by molar-refractivity contribution is 5.98. The summed E-state index contributed by atoms with van der Waals surface area (Å²) in [6, 6.07) is 9.33. The molecule has 1 aromatic carbocycles. The maximum atomic E-state index is 12.9. The van der Waals surface area contributed by atoms with Crippen molar-refractivity contribution in [3.05, 3.63) is 48.5 Å². The van der Waals surface area contributed by atoms with Gasteiger partial charge in [-0.15, -0.1) is 0 Å². The highest BCUT2D eigenvalue weighted by Gasteiger charge is 2.26. The Hall–Kier alpha value is -3.09. The third-order valence-electron chi connectivity index (χ3n) is 4.57. The molecule has 0 saturated carbocycles. The quantitative estimate of drug-likeness (QED) is 0.781. The van der Waals surface area contributed by atoms with Crippen LogP contribution in [0.3, 0.4) is 0 Å². The minimum atomic E-state index is -0.0629. The first-order chi connectivity index (χ1) is 12.7. The molecule has 7 nitrogen and oxygen atoms in total. The van der Waals surface area contributed by atoms with Crippen LogP contribution < -0.4 is 9.47 Å². The lowest BCUT2D eigenvalue weighted by atomic mass is 10.1. The average Bonchev–Trinajstić information content (AvgIpc) is 3.11. The number of likely N-dealkylation sites (tertiary alicyclic amines) is 1. The Kier molecular flexibility index (Phi) is 4.43. The molecule has 0 radical (unpaired) electrons. The fourth-order valence-corrected chi connectivity index (χ4v) is 3.26. The van der Waals surface area contributed by atoms with Crippen molar-refractivity contribution in [3.8, 4) is 11.6 Å². The lowest BCUT2D eigenvalue weighted by molar-refractivity contribution is 0.0523. The van der Waals surface area contributed by atoms with Gasteiger partial charge in [0.2, 0.25) is 5.88 Å². The molecule has 1 fully saturated rings. The fraction of sp³-hybridized carbons (Fsp3) is 0.316. The maximum absolute atomic E-state index is 12.9. The molecule has 0 spiro atoms. The van der Waals surface area contributed by atoms with E-state index in [0.717, 1.165) is 36.0 Å². The topological polar surface area (TPSA) is 80.3 Å². The van der Waals surface area contributed by atoms with Crippen molar-refractivity contribution < 1.29 is 14.3 Å². The molecule has 1 amide bonds. The van der Waals surface area contributed by atoms with Gasteiger partial charge in [0.1, 0.15) is 23.9 Å². The average molecular weight is 352 g/mol. The van der Waals surface area contributed by atoms with Crippen LogP contribution in [0.15, 0.2) is 42.9 Å². The number of aromatic nitrogens is 3. The number of hydrogen-bond donors (Lipinski definition) is 1. The highest BCUT2D eigenvalue weighted by atomic mass is 16.5. The van der Waals surface area contributed by atoms with Gasteiger partial charge in [-0.05, 0) is 31.0 Å². The number of amides is 1. The Morgan fingerprint density at radius 1 is 1.31 bits per heavy atom. The fourth-order valence-electron chi connectivity index (χ4n) is 3.26. The zero-order valence-corrected chi connectivity index (χ0v) is 14.5. The van der Waals surface area contributed by atoms with E-state index in [1.54, 1.807) is 19.4 Å². The molecule has 1 saturated heterocycles. The number of carbonyl (C=O) groups is 1. The summed E-state index contributed by atoms with van der Waals surface area (Å²) in [7, 11) is 1.63. The van der Waals surface area contributed by atoms with Crippen LogP contribution in [0, 0.1) is 0 Å². The van der Waals surface area contributed by atoms with E-state index in [2.05, 4.69) is 15.0 Å². The summed E-state index contributed by atoms with van der Waals surface area (Å²) in [6.07, 6.45) is 4.84. The molecule has 3 aromatic rings. The number of rotatable bonds is 4. The summed E-state index contributed by atoms with van der Waals surface area (Å²) in [5.41, 5.74) is 1.47. The van der Waals surface area contributed by atoms with Crippen molar-refractivity contribution in [2.24, 2.45) is 0 Å². The van der Waals surface area contributed by atoms with Crippen LogP contribution in [0.2, 0.25) is 0 Å². The first kappa shape index (κ1) is 16.4. The Bertz CT molecular complexity index is 910. The number of nitrogens with one attached hydrogen (secondary N) is 1. The third kappa shape index (κ3) is 3.33. The molecular formula is C19H20N4O3. The molecule has 26 heavy (non-hydrogen) atoms. The standard InChI is InChI=1S/C19H20N4O3/c1-25-14-5-4-13-9-17(22-16(13)10-14)19(24)23-8-2-3-15(11-23)26-18-6-7-20-12-21-18/h4-7,9-10,12,15,22H,2-3,8,11H2,1H3/t15-/m0/s1. The number of ether oxygens (including phenoxy) is 2. The van der Waals surface area contributed by atoms with Crippen molar-refractivity contribution >= 4 is 16.8 Å². The van der Waals surface area contributed by atoms with Gasteiger partial charge in [0.05, 0.1) is 13.7 Å². The number of aromatic amines is 1. The van der Waals surface area contributed by atoms with Gasteiger partial charge in [0, 0.05) is 35.8 Å². The summed E-state index contributed by atoms with van der Waals surface area (Å²) in [5.74, 6) is 1.28. The summed E-state index contributed by atoms with van der Waals surface area (Å²) in [4.78, 5) is 25.9. The molecule has 1 aliphatic heterocycles. The molecule has 2 aromatic heterocycles. The van der Waals surface area contributed by atoms with E-state index in [4.69, 9.17) is 9.47 Å². The van der Waals surface area contributed by atoms with Crippen LogP contribution in [0.25, 0.3) is 10.9 Å². The normalized spacial score (nSPS) is 17.3. The largest absolute Gasteiger partial charge is 0.497 e. The van der Waals surface area contributed by atoms with Crippen LogP contribution in [-0.2, 0) is 0 Å². The van der Waals surface area contributed by atoms with Crippen molar-refractivity contribution in [1.29, 1.82) is 0 Å². The van der Waals surface area contributed by atoms with Gasteiger partial charge in [0.25, 0.3) is 5.91 Å². The lowest BCUT2D eigenvalue weighted by Gasteiger charge is -2.32. The molecule has 0 aliphatic carbocycles. The van der Waals surface area contributed by atoms with Crippen molar-refractivity contribution in [2.75, 3.05) is 20.2 Å². The van der Waals surface area contributed by atoms with E-state index in [1.807, 2.05) is 29.2 Å². The van der Waals surface area contributed by atoms with Gasteiger partial charge in [-0.3, -0.25) is 4.79 Å². The van der Waals surface area contributed by atoms with Crippen LogP contribution in [0.1, 0.15) is 23.3 Å². The summed E-state index contributed by atoms with van der Waals surface area (Å²) in [5, 5.41) is 0.986. The molecule has 1 N–H and O–H groups in total. The van der Waals surface area contributed by atoms with Gasteiger partial charge < -0.3 is 19.4 Å². The zero-order valence-electron chi connectivity index (χ0n) is 14.5. The molecule has 1 aliphatic rings. The molecule has 1 atom stereocenters. The molecule has 3 heterocycles. The van der Waals surface area contributed by atoms with E-state index >= 15 is 0 Å². The van der Waals surface area contributed by atoms with E-state index < -0.39 is 0 Å². The molecule has 0 bridgehead atoms. The lowest BCUT2D eigenvalue weighted by Crippen LogP contribution is -2.44. The second-order valence-electron chi connectivity index (χ2n) is 6.32. The first-order valence-corrected chi connectivity index (χ1v) is 8.61. The monoisotopic (exact) mass is 352 g/mol. The Morgan fingerprint density at radius 2 is 2.23 bits per heavy atom. The SMILES string of the molecule is COc1ccc2cc(C(=O)N3CCC[C@H](Oc4ccncn4)C3)[nH]c2c1. The van der Waals surface area contributed by atoms with Crippen LogP contribution in [0.5, 0.6) is 11.6 Å². The van der Waals surface area contributed by atoms with Crippen molar-refractivity contribution in [3.63, 3.8) is 0 Å². The molecular weight excluding hydrogens is 332 g/mol. The van der Waals surface area contributed by atoms with Crippen LogP contribution in [0.4, 0.5) is 0 Å². The number of nitrogens with zero attached hydrogens (tertiary/aromatic N) is 3. The van der Waals surface area contributed by atoms with Crippen LogP contribution >= 0.6 is 0 Å². The molecule has 134 valence electrons. The Balaban J connectivity index is 1.48. The van der Waals surface area contributed by atoms with Crippen LogP contribution in [-0.4, -0.2) is 52.1 Å². The Labute approximate surface area is 151 Å². The maximum Gasteiger partial charge on any atom is 0.270 e. The van der Waals surface area contributed by atoms with E-state index in [0.29, 0.717) is 18.1 Å². The number of methoxy groups -OCH3 is 1. The number of hydrogen-bond acceptors (Lipinski definition) is 5. The van der Waals surface area contributed by atoms with E-state index in [1.165, 1.54) is 6.33 Å². The van der Waals surface area contributed by atoms with Crippen molar-refractivity contribution in [1.82, 2.24) is 19.9 Å². The third-order valence-corrected chi connectivity index (χ3v) is 4.57. The Morgan fingerprint density at radius 3 is 3.04 bits per heavy atom. The second kappa shape index (κ2) is 7.03. The number of H-pyrrole nitrogens is 1. The van der Waals surface area contributed by atoms with E-state index in [9.17, 15) is 4.79 Å². The second-order valence-corrected chi connectivity index (χ2v) is 6.32. The number of carbonyl (C=O) groups excluding carboxylic acids is 1. The molecule has 7 heteroatoms. The smallest absolute Gasteiger partial charge is 0.270 e. The predicted octanol–water partition coefficient (Wildman–Crippen LogP) is 2.65. The molecule has 0 unspecified atom stereocenters. The van der Waals surface area contributed by atoms with Gasteiger partial charge in [-0.2, -0.15) is 0 Å². The summed E-state index contributed by atoms with van der Waals surface area (Å²) in [6.45, 7) is 1.27. The van der Waals surface area contributed by atoms with E-state index in [-0.39, 0.29) is 12.0 Å². The van der Waals surface area contributed by atoms with Gasteiger partial charge in [-0.1, -0.05) is 0 Å². The minimum absolute atomic E-state index is 0.0174. The number of benzene rings is 1. The summed E-state index contributed by atoms with van der Waals surface area (Å²) < 4.78 is 11.1. The first-order valence-electron chi connectivity index (χ1n) is 8.61. The molecule has 4 rings (SSSR count). The number of fused-ring (bicyclic) bond motifs is 1. The number of piperidine rings is 1. The van der Waals surface area contributed by atoms with Crippen molar-refractivity contribution in [2.45, 2.75) is 18.9 Å². The van der Waals surface area contributed by atoms with Gasteiger partial charge >= 0.3 is 0 Å². The predicted molar refractivity (Wildman–Crippen MR) is 96.4 cm³/mol. The highest BCUT2D eigenvalue weighted by Crippen LogP contribution is 2.23.